The Bertz CT molecular complexity index is 716. The number of H-pyrrole nitrogens is 1. The molecule has 2 heterocycles. The lowest BCUT2D eigenvalue weighted by molar-refractivity contribution is -0.116. The Morgan fingerprint density at radius 3 is 3.00 bits per heavy atom. The summed E-state index contributed by atoms with van der Waals surface area (Å²) in [6, 6.07) is 9.61. The highest BCUT2D eigenvalue weighted by Crippen LogP contribution is 2.20. The van der Waals surface area contributed by atoms with Crippen molar-refractivity contribution < 1.29 is 4.79 Å². The first-order chi connectivity index (χ1) is 9.83. The number of para-hydroxylation sites is 1. The zero-order valence-corrected chi connectivity index (χ0v) is 10.8. The summed E-state index contributed by atoms with van der Waals surface area (Å²) in [5, 5.41) is 3.92. The van der Waals surface area contributed by atoms with Gasteiger partial charge in [0.25, 0.3) is 0 Å². The number of carbonyl (C=O) groups is 1. The third kappa shape index (κ3) is 2.66. The van der Waals surface area contributed by atoms with Crippen LogP contribution < -0.4 is 5.32 Å². The Balaban J connectivity index is 1.71. The number of nitrogens with one attached hydrogen (secondary N) is 2. The number of hydrogen-bond donors (Lipinski definition) is 2. The number of hydrogen-bond acceptors (Lipinski definition) is 3. The number of nitrogens with zero attached hydrogens (tertiary/aromatic N) is 2. The second kappa shape index (κ2) is 5.52. The lowest BCUT2D eigenvalue weighted by Gasteiger charge is -2.07. The van der Waals surface area contributed by atoms with Gasteiger partial charge in [-0.1, -0.05) is 18.2 Å². The van der Waals surface area contributed by atoms with Crippen molar-refractivity contribution in [2.24, 2.45) is 0 Å². The number of carbonyl (C=O) groups excluding carboxylic acids is 1. The number of benzene rings is 1. The molecular formula is C15H14N4O. The van der Waals surface area contributed by atoms with E-state index in [2.05, 4.69) is 20.3 Å². The van der Waals surface area contributed by atoms with E-state index in [1.54, 1.807) is 18.7 Å². The van der Waals surface area contributed by atoms with Crippen molar-refractivity contribution in [1.82, 2.24) is 15.0 Å². The Labute approximate surface area is 116 Å². The van der Waals surface area contributed by atoms with Gasteiger partial charge in [-0.3, -0.25) is 9.78 Å². The minimum atomic E-state index is -0.0299. The highest BCUT2D eigenvalue weighted by Gasteiger charge is 2.07. The number of anilines is 1. The smallest absolute Gasteiger partial charge is 0.224 e. The van der Waals surface area contributed by atoms with Crippen LogP contribution in [0.15, 0.2) is 49.1 Å². The first kappa shape index (κ1) is 12.3. The van der Waals surface area contributed by atoms with Gasteiger partial charge >= 0.3 is 0 Å². The van der Waals surface area contributed by atoms with E-state index in [9.17, 15) is 4.79 Å². The van der Waals surface area contributed by atoms with Gasteiger partial charge in [-0.25, -0.2) is 4.98 Å². The topological polar surface area (TPSA) is 70.7 Å². The molecule has 0 aliphatic heterocycles. The number of imidazole rings is 1. The monoisotopic (exact) mass is 266 g/mol. The predicted octanol–water partition coefficient (Wildman–Crippen LogP) is 2.53. The van der Waals surface area contributed by atoms with Crippen molar-refractivity contribution in [3.63, 3.8) is 0 Å². The second-order valence-electron chi connectivity index (χ2n) is 4.51. The molecule has 5 nitrogen and oxygen atoms in total. The fraction of sp³-hybridized carbons (Fsp3) is 0.133. The fourth-order valence-corrected chi connectivity index (χ4v) is 2.09. The van der Waals surface area contributed by atoms with Crippen LogP contribution in [0.3, 0.4) is 0 Å². The number of pyridine rings is 1. The van der Waals surface area contributed by atoms with Gasteiger partial charge in [0.2, 0.25) is 5.91 Å². The molecule has 0 unspecified atom stereocenters. The quantitative estimate of drug-likeness (QED) is 0.762. The molecule has 0 aliphatic rings. The van der Waals surface area contributed by atoms with E-state index < -0.39 is 0 Å². The summed E-state index contributed by atoms with van der Waals surface area (Å²) in [5.41, 5.74) is 2.51. The highest BCUT2D eigenvalue weighted by molar-refractivity contribution is 6.00. The maximum atomic E-state index is 12.0. The number of aromatic nitrogens is 3. The Hall–Kier alpha value is -2.69. The van der Waals surface area contributed by atoms with Gasteiger partial charge in [0, 0.05) is 29.9 Å². The minimum absolute atomic E-state index is 0.0299. The SMILES string of the molecule is O=C(CCc1cnc[nH]1)Nc1cccc2cccnc12. The van der Waals surface area contributed by atoms with E-state index in [-0.39, 0.29) is 5.91 Å². The average molecular weight is 266 g/mol. The summed E-state index contributed by atoms with van der Waals surface area (Å²) < 4.78 is 0. The molecule has 0 radical (unpaired) electrons. The van der Waals surface area contributed by atoms with Crippen LogP contribution in [0.5, 0.6) is 0 Å². The summed E-state index contributed by atoms with van der Waals surface area (Å²) in [4.78, 5) is 23.2. The molecule has 0 atom stereocenters. The molecule has 2 N–H and O–H groups in total. The largest absolute Gasteiger partial charge is 0.348 e. The van der Waals surface area contributed by atoms with Crippen molar-refractivity contribution in [2.45, 2.75) is 12.8 Å². The van der Waals surface area contributed by atoms with Gasteiger partial charge in [-0.2, -0.15) is 0 Å². The molecule has 20 heavy (non-hydrogen) atoms. The normalized spacial score (nSPS) is 10.6. The molecule has 0 saturated carbocycles. The maximum absolute atomic E-state index is 12.0. The molecule has 0 fully saturated rings. The fourth-order valence-electron chi connectivity index (χ4n) is 2.09. The summed E-state index contributed by atoms with van der Waals surface area (Å²) in [7, 11) is 0. The van der Waals surface area contributed by atoms with Crippen LogP contribution in [-0.4, -0.2) is 20.9 Å². The average Bonchev–Trinajstić information content (AvgIpc) is 2.99. The van der Waals surface area contributed by atoms with E-state index in [4.69, 9.17) is 0 Å². The van der Waals surface area contributed by atoms with Gasteiger partial charge in [-0.15, -0.1) is 0 Å². The second-order valence-corrected chi connectivity index (χ2v) is 4.51. The predicted molar refractivity (Wildman–Crippen MR) is 77.3 cm³/mol. The summed E-state index contributed by atoms with van der Waals surface area (Å²) in [5.74, 6) is -0.0299. The molecule has 0 saturated heterocycles. The number of fused-ring (bicyclic) bond motifs is 1. The summed E-state index contributed by atoms with van der Waals surface area (Å²) >= 11 is 0. The van der Waals surface area contributed by atoms with Gasteiger partial charge in [-0.05, 0) is 18.6 Å². The van der Waals surface area contributed by atoms with Gasteiger partial charge in [0.15, 0.2) is 0 Å². The lowest BCUT2D eigenvalue weighted by Crippen LogP contribution is -2.12. The van der Waals surface area contributed by atoms with E-state index in [0.717, 1.165) is 22.3 Å². The molecule has 1 amide bonds. The Morgan fingerprint density at radius 1 is 1.25 bits per heavy atom. The molecular weight excluding hydrogens is 252 g/mol. The molecule has 0 bridgehead atoms. The van der Waals surface area contributed by atoms with Crippen molar-refractivity contribution in [3.05, 3.63) is 54.7 Å². The molecule has 3 aromatic rings. The van der Waals surface area contributed by atoms with E-state index in [1.165, 1.54) is 0 Å². The van der Waals surface area contributed by atoms with Crippen LogP contribution >= 0.6 is 0 Å². The van der Waals surface area contributed by atoms with Gasteiger partial charge in [0.05, 0.1) is 17.5 Å². The minimum Gasteiger partial charge on any atom is -0.348 e. The van der Waals surface area contributed by atoms with E-state index in [0.29, 0.717) is 12.8 Å². The molecule has 5 heteroatoms. The number of aromatic amines is 1. The third-order valence-corrected chi connectivity index (χ3v) is 3.08. The van der Waals surface area contributed by atoms with Crippen LogP contribution in [0, 0.1) is 0 Å². The van der Waals surface area contributed by atoms with E-state index >= 15 is 0 Å². The van der Waals surface area contributed by atoms with E-state index in [1.807, 2.05) is 30.3 Å². The van der Waals surface area contributed by atoms with Crippen LogP contribution in [0.25, 0.3) is 10.9 Å². The zero-order valence-electron chi connectivity index (χ0n) is 10.8. The molecule has 1 aromatic carbocycles. The van der Waals surface area contributed by atoms with Crippen molar-refractivity contribution in [2.75, 3.05) is 5.32 Å². The Morgan fingerprint density at radius 2 is 2.15 bits per heavy atom. The van der Waals surface area contributed by atoms with Crippen LogP contribution in [0.1, 0.15) is 12.1 Å². The zero-order chi connectivity index (χ0) is 13.8. The standard InChI is InChI=1S/C15H14N4O/c20-14(7-6-12-9-16-10-18-12)19-13-5-1-3-11-4-2-8-17-15(11)13/h1-5,8-10H,6-7H2,(H,16,18)(H,19,20). The number of amides is 1. The highest BCUT2D eigenvalue weighted by atomic mass is 16.1. The molecule has 3 rings (SSSR count). The van der Waals surface area contributed by atoms with Gasteiger partial charge < -0.3 is 10.3 Å². The van der Waals surface area contributed by atoms with Crippen molar-refractivity contribution in [1.29, 1.82) is 0 Å². The lowest BCUT2D eigenvalue weighted by atomic mass is 10.2. The maximum Gasteiger partial charge on any atom is 0.224 e. The third-order valence-electron chi connectivity index (χ3n) is 3.08. The van der Waals surface area contributed by atoms with Crippen LogP contribution in [-0.2, 0) is 11.2 Å². The van der Waals surface area contributed by atoms with Crippen molar-refractivity contribution in [3.8, 4) is 0 Å². The Kier molecular flexibility index (Phi) is 3.41. The number of aryl methyl sites for hydroxylation is 1. The summed E-state index contributed by atoms with van der Waals surface area (Å²) in [6.45, 7) is 0. The molecule has 0 aliphatic carbocycles. The number of rotatable bonds is 4. The van der Waals surface area contributed by atoms with Crippen LogP contribution in [0.4, 0.5) is 5.69 Å². The van der Waals surface area contributed by atoms with Crippen LogP contribution in [0.2, 0.25) is 0 Å². The van der Waals surface area contributed by atoms with Crippen molar-refractivity contribution >= 4 is 22.5 Å². The molecule has 0 spiro atoms. The first-order valence-corrected chi connectivity index (χ1v) is 6.44. The first-order valence-electron chi connectivity index (χ1n) is 6.44. The van der Waals surface area contributed by atoms with Gasteiger partial charge in [0.1, 0.15) is 0 Å². The summed E-state index contributed by atoms with van der Waals surface area (Å²) in [6.07, 6.45) is 6.12. The molecule has 100 valence electrons. The molecule has 2 aromatic heterocycles.